The summed E-state index contributed by atoms with van der Waals surface area (Å²) in [6, 6.07) is 6.08. The molecular formula is C19H30N2O4. The Morgan fingerprint density at radius 2 is 2.16 bits per heavy atom. The number of hydrogen-bond donors (Lipinski definition) is 3. The minimum Gasteiger partial charge on any atom is -0.493 e. The molecule has 0 radical (unpaired) electrons. The van der Waals surface area contributed by atoms with Crippen molar-refractivity contribution in [3.63, 3.8) is 0 Å². The van der Waals surface area contributed by atoms with Gasteiger partial charge < -0.3 is 30.0 Å². The summed E-state index contributed by atoms with van der Waals surface area (Å²) in [4.78, 5) is 0. The summed E-state index contributed by atoms with van der Waals surface area (Å²) in [6.45, 7) is 5.78. The first-order chi connectivity index (χ1) is 12.3. The highest BCUT2D eigenvalue weighted by molar-refractivity contribution is 5.46. The molecular weight excluding hydrogens is 320 g/mol. The number of benzene rings is 1. The maximum atomic E-state index is 10.4. The highest BCUT2D eigenvalue weighted by atomic mass is 16.6. The fourth-order valence-electron chi connectivity index (χ4n) is 3.13. The molecule has 0 saturated carbocycles. The van der Waals surface area contributed by atoms with Crippen LogP contribution < -0.4 is 24.8 Å². The number of aliphatic hydroxyl groups is 1. The van der Waals surface area contributed by atoms with E-state index in [0.717, 1.165) is 44.5 Å². The molecule has 1 aromatic carbocycles. The fourth-order valence-corrected chi connectivity index (χ4v) is 3.13. The van der Waals surface area contributed by atoms with Crippen molar-refractivity contribution in [3.05, 3.63) is 18.2 Å². The Hall–Kier alpha value is -1.50. The van der Waals surface area contributed by atoms with Crippen LogP contribution in [0.25, 0.3) is 0 Å². The molecule has 2 atom stereocenters. The molecule has 0 aliphatic carbocycles. The molecule has 0 spiro atoms. The van der Waals surface area contributed by atoms with E-state index in [-0.39, 0.29) is 6.10 Å². The zero-order valence-electron chi connectivity index (χ0n) is 15.0. The van der Waals surface area contributed by atoms with Crippen LogP contribution in [0.2, 0.25) is 0 Å². The molecule has 0 bridgehead atoms. The van der Waals surface area contributed by atoms with Gasteiger partial charge in [-0.1, -0.05) is 13.3 Å². The van der Waals surface area contributed by atoms with E-state index in [1.165, 1.54) is 0 Å². The van der Waals surface area contributed by atoms with Crippen molar-refractivity contribution in [2.24, 2.45) is 0 Å². The summed E-state index contributed by atoms with van der Waals surface area (Å²) < 4.78 is 17.4. The van der Waals surface area contributed by atoms with Gasteiger partial charge in [0.1, 0.15) is 18.5 Å². The molecule has 140 valence electrons. The molecule has 2 aliphatic heterocycles. The Morgan fingerprint density at radius 1 is 1.32 bits per heavy atom. The van der Waals surface area contributed by atoms with Crippen molar-refractivity contribution in [2.75, 3.05) is 32.8 Å². The first kappa shape index (κ1) is 18.3. The van der Waals surface area contributed by atoms with Gasteiger partial charge in [0.2, 0.25) is 0 Å². The van der Waals surface area contributed by atoms with Crippen molar-refractivity contribution in [2.45, 2.75) is 50.9 Å². The molecule has 1 aromatic rings. The standard InChI is InChI=1S/C19H30N2O4/c1-2-3-10-23-15-4-5-17-18(11-15)24-13-19(25-17)16(22)12-21-14-6-8-20-9-7-14/h4-5,11,14,16,19-22H,2-3,6-10,12-13H2,1H3. The van der Waals surface area contributed by atoms with E-state index in [1.54, 1.807) is 0 Å². The maximum Gasteiger partial charge on any atom is 0.165 e. The van der Waals surface area contributed by atoms with E-state index >= 15 is 0 Å². The van der Waals surface area contributed by atoms with E-state index in [0.29, 0.717) is 37.3 Å². The number of piperidine rings is 1. The van der Waals surface area contributed by atoms with Crippen LogP contribution >= 0.6 is 0 Å². The van der Waals surface area contributed by atoms with Gasteiger partial charge in [0.25, 0.3) is 0 Å². The molecule has 2 aliphatic rings. The number of aliphatic hydroxyl groups excluding tert-OH is 1. The van der Waals surface area contributed by atoms with Gasteiger partial charge in [-0.15, -0.1) is 0 Å². The zero-order valence-corrected chi connectivity index (χ0v) is 15.0. The largest absolute Gasteiger partial charge is 0.493 e. The lowest BCUT2D eigenvalue weighted by molar-refractivity contribution is -0.0106. The topological polar surface area (TPSA) is 72.0 Å². The molecule has 1 fully saturated rings. The Kier molecular flexibility index (Phi) is 6.78. The third-order valence-electron chi connectivity index (χ3n) is 4.75. The van der Waals surface area contributed by atoms with E-state index in [1.807, 2.05) is 18.2 Å². The fraction of sp³-hybridized carbons (Fsp3) is 0.684. The van der Waals surface area contributed by atoms with Gasteiger partial charge in [0.15, 0.2) is 17.6 Å². The number of fused-ring (bicyclic) bond motifs is 1. The van der Waals surface area contributed by atoms with Crippen LogP contribution in [-0.4, -0.2) is 56.2 Å². The number of hydrogen-bond acceptors (Lipinski definition) is 6. The van der Waals surface area contributed by atoms with Crippen LogP contribution in [0.15, 0.2) is 18.2 Å². The van der Waals surface area contributed by atoms with Crippen LogP contribution in [0.4, 0.5) is 0 Å². The molecule has 0 amide bonds. The van der Waals surface area contributed by atoms with E-state index in [9.17, 15) is 5.11 Å². The predicted molar refractivity (Wildman–Crippen MR) is 96.7 cm³/mol. The second kappa shape index (κ2) is 9.27. The van der Waals surface area contributed by atoms with Gasteiger partial charge in [-0.2, -0.15) is 0 Å². The van der Waals surface area contributed by atoms with Gasteiger partial charge in [0, 0.05) is 18.7 Å². The van der Waals surface area contributed by atoms with Crippen LogP contribution in [0, 0.1) is 0 Å². The Balaban J connectivity index is 1.48. The first-order valence-corrected chi connectivity index (χ1v) is 9.44. The molecule has 3 rings (SSSR count). The highest BCUT2D eigenvalue weighted by Gasteiger charge is 2.28. The van der Waals surface area contributed by atoms with Gasteiger partial charge in [-0.25, -0.2) is 0 Å². The van der Waals surface area contributed by atoms with Gasteiger partial charge in [-0.3, -0.25) is 0 Å². The van der Waals surface area contributed by atoms with E-state index in [2.05, 4.69) is 17.6 Å². The average Bonchev–Trinajstić information content (AvgIpc) is 2.66. The van der Waals surface area contributed by atoms with Gasteiger partial charge in [-0.05, 0) is 44.5 Å². The van der Waals surface area contributed by atoms with Crippen molar-refractivity contribution in [1.82, 2.24) is 10.6 Å². The van der Waals surface area contributed by atoms with Crippen LogP contribution in [0.3, 0.4) is 0 Å². The number of ether oxygens (including phenoxy) is 3. The van der Waals surface area contributed by atoms with Crippen molar-refractivity contribution >= 4 is 0 Å². The minimum absolute atomic E-state index is 0.348. The van der Waals surface area contributed by atoms with Crippen molar-refractivity contribution < 1.29 is 19.3 Å². The van der Waals surface area contributed by atoms with Crippen LogP contribution in [-0.2, 0) is 0 Å². The first-order valence-electron chi connectivity index (χ1n) is 9.44. The molecule has 1 saturated heterocycles. The highest BCUT2D eigenvalue weighted by Crippen LogP contribution is 2.35. The number of unbranched alkanes of at least 4 members (excludes halogenated alkanes) is 1. The van der Waals surface area contributed by atoms with E-state index in [4.69, 9.17) is 14.2 Å². The lowest BCUT2D eigenvalue weighted by Gasteiger charge is -2.31. The quantitative estimate of drug-likeness (QED) is 0.620. The summed E-state index contributed by atoms with van der Waals surface area (Å²) in [7, 11) is 0. The Labute approximate surface area is 149 Å². The summed E-state index contributed by atoms with van der Waals surface area (Å²) in [5.41, 5.74) is 0. The van der Waals surface area contributed by atoms with Crippen LogP contribution in [0.1, 0.15) is 32.6 Å². The smallest absolute Gasteiger partial charge is 0.165 e. The molecule has 0 aromatic heterocycles. The molecule has 25 heavy (non-hydrogen) atoms. The van der Waals surface area contributed by atoms with Gasteiger partial charge in [0.05, 0.1) is 6.61 Å². The maximum absolute atomic E-state index is 10.4. The lowest BCUT2D eigenvalue weighted by Crippen LogP contribution is -2.48. The molecule has 3 N–H and O–H groups in total. The number of rotatable bonds is 8. The Morgan fingerprint density at radius 3 is 2.96 bits per heavy atom. The summed E-state index contributed by atoms with van der Waals surface area (Å²) >= 11 is 0. The summed E-state index contributed by atoms with van der Waals surface area (Å²) in [6.07, 6.45) is 3.39. The molecule has 2 unspecified atom stereocenters. The molecule has 6 nitrogen and oxygen atoms in total. The normalized spacial score (nSPS) is 21.8. The molecule has 6 heteroatoms. The average molecular weight is 350 g/mol. The summed E-state index contributed by atoms with van der Waals surface area (Å²) in [5.74, 6) is 2.14. The summed E-state index contributed by atoms with van der Waals surface area (Å²) in [5, 5.41) is 17.2. The lowest BCUT2D eigenvalue weighted by atomic mass is 10.1. The predicted octanol–water partition coefficient (Wildman–Crippen LogP) is 1.71. The molecule has 2 heterocycles. The second-order valence-corrected chi connectivity index (χ2v) is 6.78. The Bertz CT molecular complexity index is 534. The SMILES string of the molecule is CCCCOc1ccc2c(c1)OCC(C(O)CNC1CCNCC1)O2. The number of nitrogens with one attached hydrogen (secondary N) is 2. The second-order valence-electron chi connectivity index (χ2n) is 6.78. The van der Waals surface area contributed by atoms with Crippen LogP contribution in [0.5, 0.6) is 17.2 Å². The zero-order chi connectivity index (χ0) is 17.5. The van der Waals surface area contributed by atoms with Crippen molar-refractivity contribution in [3.8, 4) is 17.2 Å². The third kappa shape index (κ3) is 5.23. The van der Waals surface area contributed by atoms with E-state index < -0.39 is 6.10 Å². The van der Waals surface area contributed by atoms with Crippen molar-refractivity contribution in [1.29, 1.82) is 0 Å². The van der Waals surface area contributed by atoms with Gasteiger partial charge >= 0.3 is 0 Å². The third-order valence-corrected chi connectivity index (χ3v) is 4.75. The monoisotopic (exact) mass is 350 g/mol. The minimum atomic E-state index is -0.594.